The van der Waals surface area contributed by atoms with E-state index in [1.54, 1.807) is 0 Å². The van der Waals surface area contributed by atoms with Gasteiger partial charge in [-0.1, -0.05) is 12.1 Å². The molecule has 0 aromatic carbocycles. The number of piperidine rings is 1. The number of nitrogens with one attached hydrogen (secondary N) is 2. The van der Waals surface area contributed by atoms with E-state index in [4.69, 9.17) is 4.84 Å². The molecule has 6 heteroatoms. The third kappa shape index (κ3) is 3.38. The minimum atomic E-state index is -0.212. The van der Waals surface area contributed by atoms with Crippen molar-refractivity contribution in [3.8, 4) is 0 Å². The Labute approximate surface area is 112 Å². The Balaban J connectivity index is 1.75. The summed E-state index contributed by atoms with van der Waals surface area (Å²) in [6.07, 6.45) is 2.51. The molecule has 1 amide bonds. The Morgan fingerprint density at radius 1 is 1.56 bits per heavy atom. The highest BCUT2D eigenvalue weighted by molar-refractivity contribution is 7.99. The molecule has 0 aromatic rings. The van der Waals surface area contributed by atoms with Crippen LogP contribution in [0.3, 0.4) is 0 Å². The van der Waals surface area contributed by atoms with Gasteiger partial charge in [0.1, 0.15) is 11.3 Å². The van der Waals surface area contributed by atoms with Crippen LogP contribution < -0.4 is 10.6 Å². The normalized spacial score (nSPS) is 21.5. The number of carbonyl (C=O) groups excluding carboxylic acids is 1. The van der Waals surface area contributed by atoms with Gasteiger partial charge in [-0.2, -0.15) is 11.8 Å². The van der Waals surface area contributed by atoms with E-state index in [9.17, 15) is 4.79 Å². The highest BCUT2D eigenvalue weighted by Gasteiger charge is 2.41. The predicted molar refractivity (Wildman–Crippen MR) is 74.0 cm³/mol. The topological polar surface area (TPSA) is 62.7 Å². The summed E-state index contributed by atoms with van der Waals surface area (Å²) in [5.41, 5.74) is 0.342. The van der Waals surface area contributed by atoms with Crippen LogP contribution in [0, 0.1) is 0 Å². The summed E-state index contributed by atoms with van der Waals surface area (Å²) in [6.45, 7) is 4.70. The van der Waals surface area contributed by atoms with Crippen LogP contribution in [0.5, 0.6) is 0 Å². The van der Waals surface area contributed by atoms with Gasteiger partial charge in [0.25, 0.3) is 5.91 Å². The van der Waals surface area contributed by atoms with E-state index in [0.717, 1.165) is 37.4 Å². The zero-order valence-corrected chi connectivity index (χ0v) is 11.6. The molecule has 1 spiro atoms. The minimum Gasteiger partial charge on any atom is -0.388 e. The molecule has 0 aliphatic carbocycles. The van der Waals surface area contributed by atoms with Gasteiger partial charge in [0, 0.05) is 31.6 Å². The molecule has 0 radical (unpaired) electrons. The van der Waals surface area contributed by atoms with Crippen LogP contribution in [0.15, 0.2) is 5.16 Å². The average molecular weight is 271 g/mol. The zero-order valence-electron chi connectivity index (χ0n) is 10.8. The van der Waals surface area contributed by atoms with E-state index in [1.165, 1.54) is 0 Å². The first-order valence-corrected chi connectivity index (χ1v) is 7.73. The molecule has 2 aliphatic heterocycles. The first kappa shape index (κ1) is 13.7. The predicted octanol–water partition coefficient (Wildman–Crippen LogP) is 0.754. The first-order chi connectivity index (χ1) is 8.76. The molecule has 2 rings (SSSR count). The number of rotatable bonds is 5. The summed E-state index contributed by atoms with van der Waals surface area (Å²) < 4.78 is 0. The number of amides is 1. The zero-order chi connectivity index (χ0) is 12.8. The number of carbonyl (C=O) groups is 1. The van der Waals surface area contributed by atoms with E-state index in [1.807, 2.05) is 11.8 Å². The van der Waals surface area contributed by atoms with Crippen LogP contribution in [-0.4, -0.2) is 48.4 Å². The molecule has 1 fully saturated rings. The van der Waals surface area contributed by atoms with Crippen molar-refractivity contribution >= 4 is 23.4 Å². The molecule has 5 nitrogen and oxygen atoms in total. The first-order valence-electron chi connectivity index (χ1n) is 6.57. The fourth-order valence-corrected chi connectivity index (χ4v) is 2.81. The fourth-order valence-electron chi connectivity index (χ4n) is 2.28. The SMILES string of the molecule is CCSCCNC(=O)C1=NOC2(CCNCC2)C1. The van der Waals surface area contributed by atoms with Crippen molar-refractivity contribution < 1.29 is 9.63 Å². The Hall–Kier alpha value is -0.750. The highest BCUT2D eigenvalue weighted by Crippen LogP contribution is 2.32. The summed E-state index contributed by atoms with van der Waals surface area (Å²) in [5.74, 6) is 1.96. The lowest BCUT2D eigenvalue weighted by Crippen LogP contribution is -2.43. The van der Waals surface area contributed by atoms with Gasteiger partial charge in [-0.3, -0.25) is 4.79 Å². The monoisotopic (exact) mass is 271 g/mol. The molecule has 2 aliphatic rings. The molecule has 0 bridgehead atoms. The maximum Gasteiger partial charge on any atom is 0.269 e. The molecule has 18 heavy (non-hydrogen) atoms. The number of hydrogen-bond acceptors (Lipinski definition) is 5. The van der Waals surface area contributed by atoms with Crippen molar-refractivity contribution in [2.75, 3.05) is 31.1 Å². The Kier molecular flexibility index (Phi) is 4.88. The van der Waals surface area contributed by atoms with Gasteiger partial charge in [0.15, 0.2) is 0 Å². The van der Waals surface area contributed by atoms with E-state index in [-0.39, 0.29) is 11.5 Å². The standard InChI is InChI=1S/C12H21N3O2S/c1-2-18-8-7-14-11(16)10-9-12(17-15-10)3-5-13-6-4-12/h13H,2-9H2,1H3,(H,14,16). The fraction of sp³-hybridized carbons (Fsp3) is 0.833. The summed E-state index contributed by atoms with van der Waals surface area (Å²) in [7, 11) is 0. The van der Waals surface area contributed by atoms with Crippen molar-refractivity contribution in [2.45, 2.75) is 31.8 Å². The van der Waals surface area contributed by atoms with Crippen molar-refractivity contribution in [1.82, 2.24) is 10.6 Å². The lowest BCUT2D eigenvalue weighted by molar-refractivity contribution is -0.114. The largest absolute Gasteiger partial charge is 0.388 e. The maximum atomic E-state index is 11.9. The second-order valence-corrected chi connectivity index (χ2v) is 6.09. The van der Waals surface area contributed by atoms with Gasteiger partial charge in [-0.25, -0.2) is 0 Å². The maximum absolute atomic E-state index is 11.9. The smallest absolute Gasteiger partial charge is 0.269 e. The Bertz CT molecular complexity index is 327. The second kappa shape index (κ2) is 6.43. The third-order valence-electron chi connectivity index (χ3n) is 3.35. The molecule has 1 saturated heterocycles. The van der Waals surface area contributed by atoms with Crippen LogP contribution in [-0.2, 0) is 9.63 Å². The summed E-state index contributed by atoms with van der Waals surface area (Å²) in [4.78, 5) is 17.4. The average Bonchev–Trinajstić information content (AvgIpc) is 2.79. The quantitative estimate of drug-likeness (QED) is 0.725. The number of oxime groups is 1. The van der Waals surface area contributed by atoms with Crippen LogP contribution in [0.4, 0.5) is 0 Å². The molecule has 0 saturated carbocycles. The summed E-state index contributed by atoms with van der Waals surface area (Å²) in [6, 6.07) is 0. The van der Waals surface area contributed by atoms with Crippen molar-refractivity contribution in [3.63, 3.8) is 0 Å². The van der Waals surface area contributed by atoms with Crippen LogP contribution in [0.2, 0.25) is 0 Å². The molecule has 2 N–H and O–H groups in total. The van der Waals surface area contributed by atoms with E-state index < -0.39 is 0 Å². The summed E-state index contributed by atoms with van der Waals surface area (Å²) in [5, 5.41) is 10.2. The number of hydrogen-bond donors (Lipinski definition) is 2. The highest BCUT2D eigenvalue weighted by atomic mass is 32.2. The Morgan fingerprint density at radius 3 is 3.06 bits per heavy atom. The van der Waals surface area contributed by atoms with Crippen LogP contribution >= 0.6 is 11.8 Å². The van der Waals surface area contributed by atoms with Crippen molar-refractivity contribution in [1.29, 1.82) is 0 Å². The second-order valence-electron chi connectivity index (χ2n) is 4.69. The van der Waals surface area contributed by atoms with Gasteiger partial charge < -0.3 is 15.5 Å². The van der Waals surface area contributed by atoms with Gasteiger partial charge in [0.05, 0.1) is 0 Å². The van der Waals surface area contributed by atoms with Gasteiger partial charge in [0.2, 0.25) is 0 Å². The molecule has 2 heterocycles. The van der Waals surface area contributed by atoms with Crippen LogP contribution in [0.1, 0.15) is 26.2 Å². The van der Waals surface area contributed by atoms with Crippen LogP contribution in [0.25, 0.3) is 0 Å². The molecule has 102 valence electrons. The van der Waals surface area contributed by atoms with Gasteiger partial charge in [-0.15, -0.1) is 0 Å². The van der Waals surface area contributed by atoms with Crippen molar-refractivity contribution in [2.24, 2.45) is 5.16 Å². The van der Waals surface area contributed by atoms with E-state index in [0.29, 0.717) is 18.7 Å². The lowest BCUT2D eigenvalue weighted by atomic mass is 9.87. The molecular formula is C12H21N3O2S. The van der Waals surface area contributed by atoms with E-state index in [2.05, 4.69) is 22.7 Å². The molecule has 0 unspecified atom stereocenters. The molecule has 0 atom stereocenters. The number of thioether (sulfide) groups is 1. The summed E-state index contributed by atoms with van der Waals surface area (Å²) >= 11 is 1.82. The molecule has 0 aromatic heterocycles. The third-order valence-corrected chi connectivity index (χ3v) is 4.25. The van der Waals surface area contributed by atoms with E-state index >= 15 is 0 Å². The van der Waals surface area contributed by atoms with Gasteiger partial charge in [-0.05, 0) is 18.8 Å². The van der Waals surface area contributed by atoms with Crippen molar-refractivity contribution in [3.05, 3.63) is 0 Å². The minimum absolute atomic E-state index is 0.0675. The van der Waals surface area contributed by atoms with Gasteiger partial charge >= 0.3 is 0 Å². The molecular weight excluding hydrogens is 250 g/mol. The number of nitrogens with zero attached hydrogens (tertiary/aromatic N) is 1. The lowest BCUT2D eigenvalue weighted by Gasteiger charge is -2.30. The Morgan fingerprint density at radius 2 is 2.33 bits per heavy atom.